The summed E-state index contributed by atoms with van der Waals surface area (Å²) in [6.07, 6.45) is 0. The van der Waals surface area contributed by atoms with Crippen LogP contribution in [0.5, 0.6) is 0 Å². The summed E-state index contributed by atoms with van der Waals surface area (Å²) in [7, 11) is 1.67. The first-order chi connectivity index (χ1) is 11.9. The lowest BCUT2D eigenvalue weighted by Crippen LogP contribution is -2.38. The van der Waals surface area contributed by atoms with E-state index in [9.17, 15) is 9.59 Å². The number of amides is 2. The Morgan fingerprint density at radius 1 is 1.36 bits per heavy atom. The molecule has 1 aromatic carbocycles. The van der Waals surface area contributed by atoms with E-state index in [-0.39, 0.29) is 24.2 Å². The number of benzene rings is 1. The van der Waals surface area contributed by atoms with Gasteiger partial charge in [-0.05, 0) is 36.1 Å². The van der Waals surface area contributed by atoms with Gasteiger partial charge in [0.25, 0.3) is 5.56 Å². The Labute approximate surface area is 157 Å². The van der Waals surface area contributed by atoms with Gasteiger partial charge in [0.2, 0.25) is 0 Å². The molecule has 2 N–H and O–H groups in total. The molecule has 25 heavy (non-hydrogen) atoms. The third kappa shape index (κ3) is 4.08. The summed E-state index contributed by atoms with van der Waals surface area (Å²) in [4.78, 5) is 33.0. The summed E-state index contributed by atoms with van der Waals surface area (Å²) in [6, 6.07) is 9.22. The topological polar surface area (TPSA) is 78.1 Å². The number of H-pyrrole nitrogens is 1. The van der Waals surface area contributed by atoms with Crippen LogP contribution in [0.2, 0.25) is 0 Å². The van der Waals surface area contributed by atoms with Crippen molar-refractivity contribution in [2.75, 3.05) is 7.05 Å². The number of carbonyl (C=O) groups excluding carboxylic acids is 1. The van der Waals surface area contributed by atoms with E-state index in [2.05, 4.69) is 31.2 Å². The number of halogens is 1. The summed E-state index contributed by atoms with van der Waals surface area (Å²) >= 11 is 4.75. The maximum atomic E-state index is 12.4. The molecule has 0 aliphatic carbocycles. The van der Waals surface area contributed by atoms with Crippen molar-refractivity contribution in [3.63, 3.8) is 0 Å². The number of fused-ring (bicyclic) bond motifs is 1. The highest BCUT2D eigenvalue weighted by molar-refractivity contribution is 9.10. The summed E-state index contributed by atoms with van der Waals surface area (Å²) < 4.78 is 1.59. The number of thiophene rings is 1. The molecule has 0 fully saturated rings. The lowest BCUT2D eigenvalue weighted by molar-refractivity contribution is 0.202. The molecule has 0 saturated heterocycles. The van der Waals surface area contributed by atoms with Crippen molar-refractivity contribution in [3.05, 3.63) is 61.9 Å². The Morgan fingerprint density at radius 3 is 2.80 bits per heavy atom. The Balaban J connectivity index is 1.67. The van der Waals surface area contributed by atoms with Gasteiger partial charge >= 0.3 is 6.03 Å². The molecule has 0 spiro atoms. The van der Waals surface area contributed by atoms with Gasteiger partial charge in [-0.15, -0.1) is 11.3 Å². The smallest absolute Gasteiger partial charge is 0.318 e. The van der Waals surface area contributed by atoms with Crippen molar-refractivity contribution >= 4 is 43.5 Å². The van der Waals surface area contributed by atoms with E-state index < -0.39 is 0 Å². The molecule has 8 heteroatoms. The molecule has 6 nitrogen and oxygen atoms in total. The van der Waals surface area contributed by atoms with E-state index >= 15 is 0 Å². The summed E-state index contributed by atoms with van der Waals surface area (Å²) in [6.45, 7) is 2.15. The third-order valence-electron chi connectivity index (χ3n) is 3.81. The van der Waals surface area contributed by atoms with Crippen LogP contribution in [0.1, 0.15) is 24.4 Å². The molecule has 2 heterocycles. The average molecular weight is 421 g/mol. The van der Waals surface area contributed by atoms with Gasteiger partial charge in [-0.2, -0.15) is 0 Å². The second-order valence-electron chi connectivity index (χ2n) is 5.73. The minimum absolute atomic E-state index is 0.130. The lowest BCUT2D eigenvalue weighted by Gasteiger charge is -2.21. The van der Waals surface area contributed by atoms with Crippen LogP contribution in [0.25, 0.3) is 10.2 Å². The zero-order valence-electron chi connectivity index (χ0n) is 13.7. The molecule has 2 amide bonds. The number of hydrogen-bond donors (Lipinski definition) is 2. The first kappa shape index (κ1) is 17.6. The van der Waals surface area contributed by atoms with Crippen molar-refractivity contribution in [2.45, 2.75) is 19.5 Å². The van der Waals surface area contributed by atoms with Gasteiger partial charge in [-0.3, -0.25) is 4.79 Å². The number of nitrogens with one attached hydrogen (secondary N) is 2. The van der Waals surface area contributed by atoms with Gasteiger partial charge in [0.1, 0.15) is 10.5 Å². The molecule has 3 aromatic rings. The van der Waals surface area contributed by atoms with Crippen LogP contribution in [-0.4, -0.2) is 27.9 Å². The van der Waals surface area contributed by atoms with E-state index in [4.69, 9.17) is 0 Å². The fourth-order valence-corrected chi connectivity index (χ4v) is 3.41. The monoisotopic (exact) mass is 420 g/mol. The van der Waals surface area contributed by atoms with E-state index in [1.54, 1.807) is 13.1 Å². The molecule has 0 aliphatic rings. The van der Waals surface area contributed by atoms with Crippen LogP contribution in [0.15, 0.2) is 45.0 Å². The molecule has 1 atom stereocenters. The highest BCUT2D eigenvalue weighted by Crippen LogP contribution is 2.17. The van der Waals surface area contributed by atoms with Gasteiger partial charge in [-0.1, -0.05) is 28.1 Å². The van der Waals surface area contributed by atoms with Gasteiger partial charge in [-0.25, -0.2) is 9.78 Å². The lowest BCUT2D eigenvalue weighted by atomic mass is 10.1. The number of hydrogen-bond acceptors (Lipinski definition) is 4. The maximum absolute atomic E-state index is 12.4. The molecule has 0 radical (unpaired) electrons. The number of aromatic amines is 1. The number of carbonyl (C=O) groups is 1. The molecule has 0 saturated carbocycles. The van der Waals surface area contributed by atoms with E-state index in [0.29, 0.717) is 16.0 Å². The molecular weight excluding hydrogens is 404 g/mol. The molecule has 3 rings (SSSR count). The SMILES string of the molecule is CC(NC(=O)N(C)Cc1nc2ccsc2c(=O)[nH]1)c1ccc(Br)cc1. The number of aromatic nitrogens is 2. The molecule has 130 valence electrons. The summed E-state index contributed by atoms with van der Waals surface area (Å²) in [5.74, 6) is 0.463. The fourth-order valence-electron chi connectivity index (χ4n) is 2.42. The molecule has 0 bridgehead atoms. The molecule has 2 aromatic heterocycles. The minimum Gasteiger partial charge on any atom is -0.331 e. The quantitative estimate of drug-likeness (QED) is 0.675. The van der Waals surface area contributed by atoms with Crippen molar-refractivity contribution in [2.24, 2.45) is 0 Å². The van der Waals surface area contributed by atoms with Crippen LogP contribution >= 0.6 is 27.3 Å². The fraction of sp³-hybridized carbons (Fsp3) is 0.235. The Hall–Kier alpha value is -2.19. The summed E-state index contributed by atoms with van der Waals surface area (Å²) in [5, 5.41) is 4.76. The Bertz CT molecular complexity index is 951. The predicted molar refractivity (Wildman–Crippen MR) is 103 cm³/mol. The van der Waals surface area contributed by atoms with Gasteiger partial charge < -0.3 is 15.2 Å². The number of urea groups is 1. The Kier molecular flexibility index (Phi) is 5.19. The van der Waals surface area contributed by atoms with Crippen LogP contribution in [0.3, 0.4) is 0 Å². The predicted octanol–water partition coefficient (Wildman–Crippen LogP) is 3.65. The maximum Gasteiger partial charge on any atom is 0.318 e. The zero-order valence-corrected chi connectivity index (χ0v) is 16.1. The number of rotatable bonds is 4. The van der Waals surface area contributed by atoms with Crippen molar-refractivity contribution in [1.29, 1.82) is 0 Å². The van der Waals surface area contributed by atoms with Crippen molar-refractivity contribution in [3.8, 4) is 0 Å². The highest BCUT2D eigenvalue weighted by atomic mass is 79.9. The average Bonchev–Trinajstić information content (AvgIpc) is 3.04. The second-order valence-corrected chi connectivity index (χ2v) is 7.56. The van der Waals surface area contributed by atoms with E-state index in [0.717, 1.165) is 10.0 Å². The zero-order chi connectivity index (χ0) is 18.0. The van der Waals surface area contributed by atoms with Crippen LogP contribution in [0, 0.1) is 0 Å². The van der Waals surface area contributed by atoms with Crippen molar-refractivity contribution < 1.29 is 4.79 Å². The molecule has 1 unspecified atom stereocenters. The van der Waals surface area contributed by atoms with Crippen molar-refractivity contribution in [1.82, 2.24) is 20.2 Å². The van der Waals surface area contributed by atoms with Crippen LogP contribution in [-0.2, 0) is 6.54 Å². The first-order valence-corrected chi connectivity index (χ1v) is 9.35. The normalized spacial score (nSPS) is 12.1. The van der Waals surface area contributed by atoms with Gasteiger partial charge in [0.05, 0.1) is 18.1 Å². The van der Waals surface area contributed by atoms with E-state index in [1.807, 2.05) is 36.6 Å². The van der Waals surface area contributed by atoms with Gasteiger partial charge in [0, 0.05) is 11.5 Å². The number of nitrogens with zero attached hydrogens (tertiary/aromatic N) is 2. The highest BCUT2D eigenvalue weighted by Gasteiger charge is 2.15. The largest absolute Gasteiger partial charge is 0.331 e. The molecular formula is C17H17BrN4O2S. The second kappa shape index (κ2) is 7.37. The third-order valence-corrected chi connectivity index (χ3v) is 5.24. The van der Waals surface area contributed by atoms with Crippen LogP contribution < -0.4 is 10.9 Å². The Morgan fingerprint density at radius 2 is 2.08 bits per heavy atom. The van der Waals surface area contributed by atoms with E-state index in [1.165, 1.54) is 16.2 Å². The molecule has 0 aliphatic heterocycles. The van der Waals surface area contributed by atoms with Crippen LogP contribution in [0.4, 0.5) is 4.79 Å². The standard InChI is InChI=1S/C17H17BrN4O2S/c1-10(11-3-5-12(18)6-4-11)19-17(24)22(2)9-14-20-13-7-8-25-15(13)16(23)21-14/h3-8,10H,9H2,1-2H3,(H,19,24)(H,20,21,23). The first-order valence-electron chi connectivity index (χ1n) is 7.67. The minimum atomic E-state index is -0.233. The van der Waals surface area contributed by atoms with Gasteiger partial charge in [0.15, 0.2) is 0 Å². The summed E-state index contributed by atoms with van der Waals surface area (Å²) in [5.41, 5.74) is 1.49.